The zero-order chi connectivity index (χ0) is 27.1. The van der Waals surface area contributed by atoms with Crippen molar-refractivity contribution in [2.24, 2.45) is 0 Å². The average molecular weight is 513 g/mol. The smallest absolute Gasteiger partial charge is 0.335 e. The van der Waals surface area contributed by atoms with Crippen molar-refractivity contribution in [1.82, 2.24) is 0 Å². The van der Waals surface area contributed by atoms with Crippen LogP contribution in [-0.4, -0.2) is 52.0 Å². The zero-order valence-corrected chi connectivity index (χ0v) is 22.6. The molecular weight excluding hydrogens is 476 g/mol. The van der Waals surface area contributed by atoms with E-state index in [0.717, 1.165) is 39.2 Å². The standard InChI is InChI=1S/C32H36N2O4/c1-33(2)28-12-8-11-26-19-25(20-29(31(26)28)34(3)4)17-18-37-32(36)30(35)21-23-13-15-27(16-14-23)38-22-24-9-6-5-7-10-24/h5-16,19-20,30,35H,17-18,21-22H2,1-4H3. The van der Waals surface area contributed by atoms with Crippen molar-refractivity contribution >= 4 is 28.1 Å². The molecule has 1 atom stereocenters. The van der Waals surface area contributed by atoms with Crippen LogP contribution in [0.4, 0.5) is 11.4 Å². The maximum atomic E-state index is 12.5. The van der Waals surface area contributed by atoms with Gasteiger partial charge in [0.1, 0.15) is 12.4 Å². The molecule has 38 heavy (non-hydrogen) atoms. The number of anilines is 2. The van der Waals surface area contributed by atoms with Crippen molar-refractivity contribution in [3.63, 3.8) is 0 Å². The van der Waals surface area contributed by atoms with E-state index in [4.69, 9.17) is 9.47 Å². The van der Waals surface area contributed by atoms with Gasteiger partial charge in [0.05, 0.1) is 6.61 Å². The van der Waals surface area contributed by atoms with Gasteiger partial charge in [-0.1, -0.05) is 60.7 Å². The lowest BCUT2D eigenvalue weighted by Gasteiger charge is -2.23. The maximum absolute atomic E-state index is 12.5. The summed E-state index contributed by atoms with van der Waals surface area (Å²) in [7, 11) is 8.15. The third kappa shape index (κ3) is 6.84. The minimum absolute atomic E-state index is 0.186. The Morgan fingerprint density at radius 1 is 0.789 bits per heavy atom. The summed E-state index contributed by atoms with van der Waals surface area (Å²) in [5.74, 6) is 0.123. The second-order valence-corrected chi connectivity index (χ2v) is 9.83. The lowest BCUT2D eigenvalue weighted by atomic mass is 10.0. The number of aliphatic hydroxyl groups is 1. The normalized spacial score (nSPS) is 11.7. The summed E-state index contributed by atoms with van der Waals surface area (Å²) in [4.78, 5) is 16.7. The summed E-state index contributed by atoms with van der Waals surface area (Å²) in [5.41, 5.74) is 5.27. The number of rotatable bonds is 11. The summed E-state index contributed by atoms with van der Waals surface area (Å²) in [6, 6.07) is 27.9. The lowest BCUT2D eigenvalue weighted by molar-refractivity contribution is -0.153. The Kier molecular flexibility index (Phi) is 8.87. The number of carbonyl (C=O) groups excluding carboxylic acids is 1. The van der Waals surface area contributed by atoms with Gasteiger partial charge in [-0.2, -0.15) is 0 Å². The lowest BCUT2D eigenvalue weighted by Crippen LogP contribution is -2.26. The second kappa shape index (κ2) is 12.5. The van der Waals surface area contributed by atoms with Gasteiger partial charge in [0.25, 0.3) is 0 Å². The van der Waals surface area contributed by atoms with E-state index in [1.54, 1.807) is 0 Å². The Hall–Kier alpha value is -4.03. The number of carbonyl (C=O) groups is 1. The number of nitrogens with zero attached hydrogens (tertiary/aromatic N) is 2. The van der Waals surface area contributed by atoms with E-state index in [0.29, 0.717) is 13.0 Å². The fourth-order valence-corrected chi connectivity index (χ4v) is 4.45. The molecule has 0 amide bonds. The van der Waals surface area contributed by atoms with Gasteiger partial charge in [-0.15, -0.1) is 0 Å². The molecule has 0 aliphatic rings. The highest BCUT2D eigenvalue weighted by atomic mass is 16.5. The Labute approximate surface area is 225 Å². The topological polar surface area (TPSA) is 62.2 Å². The van der Waals surface area contributed by atoms with Crippen molar-refractivity contribution in [3.8, 4) is 5.75 Å². The quantitative estimate of drug-likeness (QED) is 0.277. The number of ether oxygens (including phenoxy) is 2. The minimum atomic E-state index is -1.22. The fourth-order valence-electron chi connectivity index (χ4n) is 4.45. The molecule has 6 nitrogen and oxygen atoms in total. The Bertz CT molecular complexity index is 1350. The highest BCUT2D eigenvalue weighted by molar-refractivity contribution is 6.04. The van der Waals surface area contributed by atoms with Gasteiger partial charge >= 0.3 is 5.97 Å². The molecular formula is C32H36N2O4. The zero-order valence-electron chi connectivity index (χ0n) is 22.6. The van der Waals surface area contributed by atoms with Crippen molar-refractivity contribution in [2.45, 2.75) is 25.6 Å². The van der Waals surface area contributed by atoms with Crippen LogP contribution >= 0.6 is 0 Å². The summed E-state index contributed by atoms with van der Waals surface area (Å²) in [5, 5.41) is 12.7. The number of fused-ring (bicyclic) bond motifs is 1. The summed E-state index contributed by atoms with van der Waals surface area (Å²) < 4.78 is 11.2. The molecule has 4 rings (SSSR count). The first-order valence-electron chi connectivity index (χ1n) is 12.8. The van der Waals surface area contributed by atoms with Crippen LogP contribution in [-0.2, 0) is 29.0 Å². The van der Waals surface area contributed by atoms with E-state index in [2.05, 4.69) is 40.1 Å². The summed E-state index contributed by atoms with van der Waals surface area (Å²) in [6.07, 6.45) is -0.469. The molecule has 0 aliphatic heterocycles. The summed E-state index contributed by atoms with van der Waals surface area (Å²) in [6.45, 7) is 0.688. The van der Waals surface area contributed by atoms with Crippen molar-refractivity contribution in [2.75, 3.05) is 44.6 Å². The molecule has 0 bridgehead atoms. The second-order valence-electron chi connectivity index (χ2n) is 9.83. The van der Waals surface area contributed by atoms with Crippen LogP contribution in [0.2, 0.25) is 0 Å². The minimum Gasteiger partial charge on any atom is -0.489 e. The first-order chi connectivity index (χ1) is 18.3. The number of hydrogen-bond acceptors (Lipinski definition) is 6. The van der Waals surface area contributed by atoms with E-state index in [1.807, 2.05) is 82.8 Å². The van der Waals surface area contributed by atoms with Crippen LogP contribution < -0.4 is 14.5 Å². The van der Waals surface area contributed by atoms with E-state index < -0.39 is 12.1 Å². The van der Waals surface area contributed by atoms with Gasteiger partial charge in [-0.05, 0) is 46.3 Å². The highest BCUT2D eigenvalue weighted by Gasteiger charge is 2.18. The number of aliphatic hydroxyl groups excluding tert-OH is 1. The van der Waals surface area contributed by atoms with Crippen LogP contribution in [0.15, 0.2) is 84.9 Å². The van der Waals surface area contributed by atoms with Gasteiger partial charge < -0.3 is 24.4 Å². The highest BCUT2D eigenvalue weighted by Crippen LogP contribution is 2.35. The molecule has 0 heterocycles. The average Bonchev–Trinajstić information content (AvgIpc) is 2.92. The monoisotopic (exact) mass is 512 g/mol. The maximum Gasteiger partial charge on any atom is 0.335 e. The molecule has 1 N–H and O–H groups in total. The van der Waals surface area contributed by atoms with Gasteiger partial charge in [0.2, 0.25) is 0 Å². The van der Waals surface area contributed by atoms with E-state index >= 15 is 0 Å². The van der Waals surface area contributed by atoms with Crippen LogP contribution in [0, 0.1) is 0 Å². The predicted octanol–water partition coefficient (Wildman–Crippen LogP) is 5.24. The van der Waals surface area contributed by atoms with E-state index in [9.17, 15) is 9.90 Å². The molecule has 198 valence electrons. The third-order valence-corrected chi connectivity index (χ3v) is 6.47. The predicted molar refractivity (Wildman–Crippen MR) is 154 cm³/mol. The van der Waals surface area contributed by atoms with Gasteiger partial charge in [0, 0.05) is 57.8 Å². The molecule has 6 heteroatoms. The van der Waals surface area contributed by atoms with Gasteiger partial charge in [-0.25, -0.2) is 4.79 Å². The molecule has 4 aromatic carbocycles. The fraction of sp³-hybridized carbons (Fsp3) is 0.281. The molecule has 0 saturated carbocycles. The summed E-state index contributed by atoms with van der Waals surface area (Å²) >= 11 is 0. The van der Waals surface area contributed by atoms with Crippen LogP contribution in [0.1, 0.15) is 16.7 Å². The van der Waals surface area contributed by atoms with Crippen LogP contribution in [0.3, 0.4) is 0 Å². The number of esters is 1. The van der Waals surface area contributed by atoms with Crippen LogP contribution in [0.5, 0.6) is 5.75 Å². The number of hydrogen-bond donors (Lipinski definition) is 1. The van der Waals surface area contributed by atoms with Gasteiger partial charge in [-0.3, -0.25) is 0 Å². The van der Waals surface area contributed by atoms with Crippen LogP contribution in [0.25, 0.3) is 10.8 Å². The molecule has 0 fully saturated rings. The van der Waals surface area contributed by atoms with Gasteiger partial charge in [0.15, 0.2) is 6.10 Å². The van der Waals surface area contributed by atoms with E-state index in [1.165, 1.54) is 5.39 Å². The Morgan fingerprint density at radius 3 is 2.18 bits per heavy atom. The Balaban J connectivity index is 1.31. The van der Waals surface area contributed by atoms with Crippen molar-refractivity contribution in [3.05, 3.63) is 102 Å². The molecule has 0 radical (unpaired) electrons. The Morgan fingerprint density at radius 2 is 1.50 bits per heavy atom. The molecule has 0 aliphatic carbocycles. The van der Waals surface area contributed by atoms with E-state index in [-0.39, 0.29) is 13.0 Å². The third-order valence-electron chi connectivity index (χ3n) is 6.47. The first-order valence-corrected chi connectivity index (χ1v) is 12.8. The first kappa shape index (κ1) is 27.0. The molecule has 0 aromatic heterocycles. The molecule has 0 spiro atoms. The SMILES string of the molecule is CN(C)c1cccc2cc(CCOC(=O)C(O)Cc3ccc(OCc4ccccc4)cc3)cc(N(C)C)c12. The largest absolute Gasteiger partial charge is 0.489 e. The molecule has 1 unspecified atom stereocenters. The molecule has 0 saturated heterocycles. The number of benzene rings is 4. The van der Waals surface area contributed by atoms with Crippen molar-refractivity contribution < 1.29 is 19.4 Å². The van der Waals surface area contributed by atoms with Crippen molar-refractivity contribution in [1.29, 1.82) is 0 Å². The molecule has 4 aromatic rings.